The predicted octanol–water partition coefficient (Wildman–Crippen LogP) is 5.74. The molecule has 0 aliphatic carbocycles. The highest BCUT2D eigenvalue weighted by atomic mass is 32.2. The van der Waals surface area contributed by atoms with Crippen LogP contribution < -0.4 is 11.2 Å². The number of likely N-dealkylation sites (N-methyl/N-ethyl adjacent to an activating group) is 1. The Morgan fingerprint density at radius 3 is 2.21 bits per heavy atom. The normalized spacial score (nSPS) is 11.1. The monoisotopic (exact) mass is 597 g/mol. The SMILES string of the molecule is CCCCCCCCCCCCN(C)C(=O)Cn1cc(Cc2cnc(=O)n(C)c2)c(=O)nc1SCc1ccc(F)cc1. The average Bonchev–Trinajstić information content (AvgIpc) is 2.97. The summed E-state index contributed by atoms with van der Waals surface area (Å²) in [5.74, 6) is 0.0983. The van der Waals surface area contributed by atoms with Crippen LogP contribution in [0.2, 0.25) is 0 Å². The van der Waals surface area contributed by atoms with E-state index in [2.05, 4.69) is 16.9 Å². The standard InChI is InChI=1S/C32H44FN5O3S/c1-4-5-6-7-8-9-10-11-12-13-18-36(2)29(39)23-38-22-27(19-26-20-34-31(41)37(3)21-26)30(40)35-32(38)42-24-25-14-16-28(33)17-15-25/h14-17,20-22H,4-13,18-19,23-24H2,1-3H3. The van der Waals surface area contributed by atoms with Crippen molar-refractivity contribution < 1.29 is 9.18 Å². The van der Waals surface area contributed by atoms with Gasteiger partial charge in [-0.3, -0.25) is 9.59 Å². The van der Waals surface area contributed by atoms with Crippen LogP contribution in [0.4, 0.5) is 4.39 Å². The molecule has 0 bridgehead atoms. The number of aromatic nitrogens is 4. The first-order chi connectivity index (χ1) is 20.3. The average molecular weight is 598 g/mol. The first kappa shape index (κ1) is 33.2. The van der Waals surface area contributed by atoms with Crippen molar-refractivity contribution in [1.82, 2.24) is 24.0 Å². The summed E-state index contributed by atoms with van der Waals surface area (Å²) in [5.41, 5.74) is 1.21. The predicted molar refractivity (Wildman–Crippen MR) is 166 cm³/mol. The summed E-state index contributed by atoms with van der Waals surface area (Å²) in [6.07, 6.45) is 17.4. The minimum Gasteiger partial charge on any atom is -0.344 e. The number of halogens is 1. The van der Waals surface area contributed by atoms with Crippen LogP contribution in [0, 0.1) is 5.82 Å². The molecule has 0 spiro atoms. The zero-order valence-electron chi connectivity index (χ0n) is 25.2. The molecule has 0 fully saturated rings. The second-order valence-electron chi connectivity index (χ2n) is 10.9. The fourth-order valence-corrected chi connectivity index (χ4v) is 5.62. The molecule has 0 N–H and O–H groups in total. The van der Waals surface area contributed by atoms with Crippen molar-refractivity contribution in [2.24, 2.45) is 7.05 Å². The zero-order valence-corrected chi connectivity index (χ0v) is 26.0. The van der Waals surface area contributed by atoms with E-state index in [1.54, 1.807) is 41.0 Å². The highest BCUT2D eigenvalue weighted by Gasteiger charge is 2.16. The highest BCUT2D eigenvalue weighted by molar-refractivity contribution is 7.98. The number of unbranched alkanes of at least 4 members (excludes halogenated alkanes) is 9. The van der Waals surface area contributed by atoms with Crippen LogP contribution in [0.25, 0.3) is 0 Å². The second-order valence-corrected chi connectivity index (χ2v) is 11.9. The third-order valence-electron chi connectivity index (χ3n) is 7.29. The van der Waals surface area contributed by atoms with E-state index >= 15 is 0 Å². The summed E-state index contributed by atoms with van der Waals surface area (Å²) >= 11 is 1.33. The number of benzene rings is 1. The summed E-state index contributed by atoms with van der Waals surface area (Å²) in [4.78, 5) is 47.7. The molecule has 8 nitrogen and oxygen atoms in total. The zero-order chi connectivity index (χ0) is 30.3. The number of carbonyl (C=O) groups excluding carboxylic acids is 1. The fourth-order valence-electron chi connectivity index (χ4n) is 4.70. The van der Waals surface area contributed by atoms with Gasteiger partial charge in [0.1, 0.15) is 12.4 Å². The lowest BCUT2D eigenvalue weighted by Crippen LogP contribution is -2.32. The molecule has 0 saturated carbocycles. The molecule has 0 unspecified atom stereocenters. The van der Waals surface area contributed by atoms with Crippen molar-refractivity contribution in [3.05, 3.63) is 86.2 Å². The maximum Gasteiger partial charge on any atom is 0.347 e. The molecule has 2 aromatic heterocycles. The summed E-state index contributed by atoms with van der Waals surface area (Å²) < 4.78 is 16.4. The lowest BCUT2D eigenvalue weighted by Gasteiger charge is -2.20. The first-order valence-corrected chi connectivity index (χ1v) is 16.0. The molecule has 3 aromatic rings. The minimum absolute atomic E-state index is 0.0474. The Kier molecular flexibility index (Phi) is 14.0. The molecular formula is C32H44FN5O3S. The quantitative estimate of drug-likeness (QED) is 0.106. The summed E-state index contributed by atoms with van der Waals surface area (Å²) in [6.45, 7) is 2.96. The van der Waals surface area contributed by atoms with Crippen LogP contribution in [-0.4, -0.2) is 43.5 Å². The van der Waals surface area contributed by atoms with Gasteiger partial charge >= 0.3 is 5.69 Å². The smallest absolute Gasteiger partial charge is 0.344 e. The van der Waals surface area contributed by atoms with E-state index in [1.165, 1.54) is 86.0 Å². The van der Waals surface area contributed by atoms with Crippen LogP contribution in [-0.2, 0) is 30.6 Å². The lowest BCUT2D eigenvalue weighted by atomic mass is 10.1. The van der Waals surface area contributed by atoms with Crippen LogP contribution in [0.5, 0.6) is 0 Å². The van der Waals surface area contributed by atoms with Gasteiger partial charge in [0, 0.05) is 57.0 Å². The largest absolute Gasteiger partial charge is 0.347 e. The van der Waals surface area contributed by atoms with Crippen molar-refractivity contribution in [1.29, 1.82) is 0 Å². The van der Waals surface area contributed by atoms with Gasteiger partial charge in [0.15, 0.2) is 5.16 Å². The van der Waals surface area contributed by atoms with Gasteiger partial charge in [-0.1, -0.05) is 88.6 Å². The molecule has 3 rings (SSSR count). The molecule has 0 aliphatic rings. The van der Waals surface area contributed by atoms with Crippen LogP contribution in [0.15, 0.2) is 57.6 Å². The molecule has 1 amide bonds. The van der Waals surface area contributed by atoms with Gasteiger partial charge in [0.05, 0.1) is 0 Å². The van der Waals surface area contributed by atoms with Crippen molar-refractivity contribution in [2.45, 2.75) is 95.0 Å². The third-order valence-corrected chi connectivity index (χ3v) is 8.35. The number of rotatable bonds is 18. The molecule has 42 heavy (non-hydrogen) atoms. The maximum atomic E-state index is 13.3. The van der Waals surface area contributed by atoms with E-state index in [0.29, 0.717) is 28.6 Å². The maximum absolute atomic E-state index is 13.3. The van der Waals surface area contributed by atoms with E-state index < -0.39 is 5.56 Å². The molecule has 228 valence electrons. The topological polar surface area (TPSA) is 90.1 Å². The van der Waals surface area contributed by atoms with Crippen LogP contribution in [0.1, 0.15) is 87.8 Å². The first-order valence-electron chi connectivity index (χ1n) is 15.0. The van der Waals surface area contributed by atoms with Crippen molar-refractivity contribution in [3.63, 3.8) is 0 Å². The Labute approximate surface area is 252 Å². The number of hydrogen-bond donors (Lipinski definition) is 0. The Hall–Kier alpha value is -3.27. The van der Waals surface area contributed by atoms with Gasteiger partial charge in [-0.2, -0.15) is 4.98 Å². The van der Waals surface area contributed by atoms with Gasteiger partial charge in [0.2, 0.25) is 5.91 Å². The molecule has 1 aromatic carbocycles. The molecule has 0 saturated heterocycles. The van der Waals surface area contributed by atoms with Crippen molar-refractivity contribution in [2.75, 3.05) is 13.6 Å². The van der Waals surface area contributed by atoms with Crippen LogP contribution in [0.3, 0.4) is 0 Å². The highest BCUT2D eigenvalue weighted by Crippen LogP contribution is 2.21. The molecule has 0 radical (unpaired) electrons. The van der Waals surface area contributed by atoms with Crippen molar-refractivity contribution in [3.8, 4) is 0 Å². The fraction of sp³-hybridized carbons (Fsp3) is 0.531. The van der Waals surface area contributed by atoms with E-state index in [1.807, 2.05) is 7.05 Å². The van der Waals surface area contributed by atoms with E-state index in [4.69, 9.17) is 0 Å². The van der Waals surface area contributed by atoms with Gasteiger partial charge in [-0.05, 0) is 29.7 Å². The Morgan fingerprint density at radius 1 is 0.929 bits per heavy atom. The summed E-state index contributed by atoms with van der Waals surface area (Å²) in [5, 5.41) is 0.423. The van der Waals surface area contributed by atoms with Gasteiger partial charge < -0.3 is 14.0 Å². The molecule has 10 heteroatoms. The van der Waals surface area contributed by atoms with E-state index in [-0.39, 0.29) is 30.4 Å². The number of carbonyl (C=O) groups is 1. The number of nitrogens with zero attached hydrogens (tertiary/aromatic N) is 5. The van der Waals surface area contributed by atoms with Gasteiger partial charge in [0.25, 0.3) is 5.56 Å². The molecular weight excluding hydrogens is 553 g/mol. The number of thioether (sulfide) groups is 1. The lowest BCUT2D eigenvalue weighted by molar-refractivity contribution is -0.130. The Balaban J connectivity index is 1.63. The summed E-state index contributed by atoms with van der Waals surface area (Å²) in [7, 11) is 3.42. The Bertz CT molecular complexity index is 1390. The molecule has 2 heterocycles. The van der Waals surface area contributed by atoms with Gasteiger partial charge in [-0.15, -0.1) is 0 Å². The Morgan fingerprint density at radius 2 is 1.57 bits per heavy atom. The molecule has 0 atom stereocenters. The number of aryl methyl sites for hydroxylation is 1. The number of hydrogen-bond acceptors (Lipinski definition) is 6. The number of amides is 1. The molecule has 0 aliphatic heterocycles. The van der Waals surface area contributed by atoms with E-state index in [9.17, 15) is 18.8 Å². The summed E-state index contributed by atoms with van der Waals surface area (Å²) in [6, 6.07) is 6.17. The van der Waals surface area contributed by atoms with E-state index in [0.717, 1.165) is 18.4 Å². The minimum atomic E-state index is -0.395. The second kappa shape index (κ2) is 17.6. The van der Waals surface area contributed by atoms with Crippen LogP contribution >= 0.6 is 11.8 Å². The van der Waals surface area contributed by atoms with Crippen molar-refractivity contribution >= 4 is 17.7 Å². The van der Waals surface area contributed by atoms with Gasteiger partial charge in [-0.25, -0.2) is 14.2 Å². The third kappa shape index (κ3) is 11.2.